The number of carbonyl (C=O) groups is 2. The van der Waals surface area contributed by atoms with Gasteiger partial charge in [-0.3, -0.25) is 4.79 Å². The summed E-state index contributed by atoms with van der Waals surface area (Å²) in [7, 11) is 1.42. The Bertz CT molecular complexity index is 191. The summed E-state index contributed by atoms with van der Waals surface area (Å²) in [6, 6.07) is -1.49. The molecule has 0 rings (SSSR count). The van der Waals surface area contributed by atoms with Crippen molar-refractivity contribution in [3.63, 3.8) is 0 Å². The Morgan fingerprint density at radius 2 is 1.83 bits per heavy atom. The molecule has 5 heteroatoms. The maximum absolute atomic E-state index is 11.1. The molecule has 0 radical (unpaired) electrons. The molecule has 0 bridgehead atoms. The summed E-state index contributed by atoms with van der Waals surface area (Å²) in [6.45, 7) is 2.95. The summed E-state index contributed by atoms with van der Waals surface area (Å²) in [6.07, 6.45) is 0. The van der Waals surface area contributed by atoms with E-state index in [1.807, 2.05) is 0 Å². The summed E-state index contributed by atoms with van der Waals surface area (Å²) in [4.78, 5) is 22.7. The van der Waals surface area contributed by atoms with Crippen molar-refractivity contribution < 1.29 is 14.7 Å². The van der Waals surface area contributed by atoms with Gasteiger partial charge in [0.1, 0.15) is 6.04 Å². The summed E-state index contributed by atoms with van der Waals surface area (Å²) < 4.78 is 0. The van der Waals surface area contributed by atoms with Gasteiger partial charge >= 0.3 is 5.97 Å². The van der Waals surface area contributed by atoms with Crippen LogP contribution in [0.15, 0.2) is 0 Å². The molecule has 12 heavy (non-hydrogen) atoms. The summed E-state index contributed by atoms with van der Waals surface area (Å²) in [5, 5.41) is 8.55. The molecular formula is C7H14N2O3. The predicted octanol–water partition coefficient (Wildman–Crippen LogP) is -0.735. The average molecular weight is 174 g/mol. The van der Waals surface area contributed by atoms with Crippen LogP contribution >= 0.6 is 0 Å². The minimum Gasteiger partial charge on any atom is -0.480 e. The van der Waals surface area contributed by atoms with E-state index in [-0.39, 0.29) is 5.91 Å². The van der Waals surface area contributed by atoms with Crippen molar-refractivity contribution in [2.24, 2.45) is 5.73 Å². The quantitative estimate of drug-likeness (QED) is 0.590. The highest BCUT2D eigenvalue weighted by Gasteiger charge is 2.23. The molecule has 0 aliphatic heterocycles. The maximum Gasteiger partial charge on any atom is 0.326 e. The molecule has 0 saturated carbocycles. The lowest BCUT2D eigenvalue weighted by Gasteiger charge is -2.22. The van der Waals surface area contributed by atoms with Gasteiger partial charge in [-0.15, -0.1) is 0 Å². The van der Waals surface area contributed by atoms with Gasteiger partial charge in [-0.1, -0.05) is 0 Å². The normalized spacial score (nSPS) is 15.0. The summed E-state index contributed by atoms with van der Waals surface area (Å²) >= 11 is 0. The van der Waals surface area contributed by atoms with Crippen LogP contribution in [0.4, 0.5) is 0 Å². The van der Waals surface area contributed by atoms with Crippen LogP contribution in [0, 0.1) is 0 Å². The van der Waals surface area contributed by atoms with Gasteiger partial charge in [-0.05, 0) is 13.8 Å². The minimum atomic E-state index is -1.04. The highest BCUT2D eigenvalue weighted by atomic mass is 16.4. The van der Waals surface area contributed by atoms with Crippen molar-refractivity contribution in [3.8, 4) is 0 Å². The van der Waals surface area contributed by atoms with E-state index in [2.05, 4.69) is 0 Å². The molecule has 0 aromatic carbocycles. The van der Waals surface area contributed by atoms with E-state index >= 15 is 0 Å². The van der Waals surface area contributed by atoms with Gasteiger partial charge in [0.05, 0.1) is 6.04 Å². The molecule has 0 aliphatic rings. The number of carbonyl (C=O) groups excluding carboxylic acids is 1. The Hall–Kier alpha value is -1.10. The fourth-order valence-electron chi connectivity index (χ4n) is 0.678. The number of likely N-dealkylation sites (N-methyl/N-ethyl adjacent to an activating group) is 1. The van der Waals surface area contributed by atoms with Gasteiger partial charge in [0, 0.05) is 7.05 Å². The third-order valence-electron chi connectivity index (χ3n) is 1.68. The van der Waals surface area contributed by atoms with Crippen LogP contribution in [0.1, 0.15) is 13.8 Å². The van der Waals surface area contributed by atoms with Gasteiger partial charge in [0.15, 0.2) is 0 Å². The lowest BCUT2D eigenvalue weighted by atomic mass is 10.2. The zero-order valence-corrected chi connectivity index (χ0v) is 7.44. The second-order valence-electron chi connectivity index (χ2n) is 2.75. The van der Waals surface area contributed by atoms with E-state index in [9.17, 15) is 9.59 Å². The van der Waals surface area contributed by atoms with Crippen molar-refractivity contribution in [1.29, 1.82) is 0 Å². The summed E-state index contributed by atoms with van der Waals surface area (Å²) in [5.41, 5.74) is 5.29. The zero-order chi connectivity index (χ0) is 9.89. The van der Waals surface area contributed by atoms with E-state index in [1.54, 1.807) is 0 Å². The van der Waals surface area contributed by atoms with Crippen molar-refractivity contribution >= 4 is 11.9 Å². The molecule has 0 heterocycles. The first kappa shape index (κ1) is 10.9. The molecule has 0 aromatic rings. The number of amides is 1. The monoisotopic (exact) mass is 174 g/mol. The molecule has 2 atom stereocenters. The smallest absolute Gasteiger partial charge is 0.326 e. The van der Waals surface area contributed by atoms with Crippen molar-refractivity contribution in [1.82, 2.24) is 4.90 Å². The molecule has 0 spiro atoms. The Morgan fingerprint density at radius 1 is 1.42 bits per heavy atom. The number of carboxylic acids is 1. The second kappa shape index (κ2) is 4.06. The molecular weight excluding hydrogens is 160 g/mol. The standard InChI is InChI=1S/C7H14N2O3/c1-4(8)6(10)9(3)5(2)7(11)12/h4-5H,8H2,1-3H3,(H,11,12)/t4-,5?/m0/s1. The first-order chi connectivity index (χ1) is 5.37. The number of rotatable bonds is 3. The third kappa shape index (κ3) is 2.50. The molecule has 0 saturated heterocycles. The average Bonchev–Trinajstić information content (AvgIpc) is 2.00. The highest BCUT2D eigenvalue weighted by Crippen LogP contribution is 1.97. The van der Waals surface area contributed by atoms with Crippen molar-refractivity contribution in [3.05, 3.63) is 0 Å². The van der Waals surface area contributed by atoms with E-state index in [1.165, 1.54) is 20.9 Å². The molecule has 0 fully saturated rings. The van der Waals surface area contributed by atoms with Gasteiger partial charge in [0.2, 0.25) is 5.91 Å². The lowest BCUT2D eigenvalue weighted by Crippen LogP contribution is -2.47. The molecule has 70 valence electrons. The molecule has 0 aromatic heterocycles. The van der Waals surface area contributed by atoms with E-state index < -0.39 is 18.1 Å². The third-order valence-corrected chi connectivity index (χ3v) is 1.68. The van der Waals surface area contributed by atoms with Gasteiger partial charge < -0.3 is 15.7 Å². The van der Waals surface area contributed by atoms with E-state index in [0.29, 0.717) is 0 Å². The molecule has 1 amide bonds. The van der Waals surface area contributed by atoms with Gasteiger partial charge in [0.25, 0.3) is 0 Å². The SMILES string of the molecule is CC(C(=O)O)N(C)C(=O)[C@H](C)N. The number of nitrogens with zero attached hydrogens (tertiary/aromatic N) is 1. The Morgan fingerprint density at radius 3 is 2.08 bits per heavy atom. The Balaban J connectivity index is 4.29. The fourth-order valence-corrected chi connectivity index (χ4v) is 0.678. The topological polar surface area (TPSA) is 83.6 Å². The first-order valence-electron chi connectivity index (χ1n) is 3.63. The van der Waals surface area contributed by atoms with E-state index in [4.69, 9.17) is 10.8 Å². The zero-order valence-electron chi connectivity index (χ0n) is 7.44. The number of aliphatic carboxylic acids is 1. The van der Waals surface area contributed by atoms with Crippen LogP contribution in [0.2, 0.25) is 0 Å². The summed E-state index contributed by atoms with van der Waals surface area (Å²) in [5.74, 6) is -1.41. The number of carboxylic acid groups (broad SMARTS) is 1. The van der Waals surface area contributed by atoms with Crippen molar-refractivity contribution in [2.75, 3.05) is 7.05 Å². The van der Waals surface area contributed by atoms with Crippen LogP contribution in [0.3, 0.4) is 0 Å². The second-order valence-corrected chi connectivity index (χ2v) is 2.75. The lowest BCUT2D eigenvalue weighted by molar-refractivity contribution is -0.148. The maximum atomic E-state index is 11.1. The van der Waals surface area contributed by atoms with Gasteiger partial charge in [-0.2, -0.15) is 0 Å². The number of hydrogen-bond acceptors (Lipinski definition) is 3. The molecule has 0 aliphatic carbocycles. The Kier molecular flexibility index (Phi) is 3.69. The van der Waals surface area contributed by atoms with Crippen LogP contribution in [0.5, 0.6) is 0 Å². The van der Waals surface area contributed by atoms with Crippen molar-refractivity contribution in [2.45, 2.75) is 25.9 Å². The Labute approximate surface area is 71.1 Å². The number of nitrogens with two attached hydrogens (primary N) is 1. The van der Waals surface area contributed by atoms with Crippen LogP contribution in [0.25, 0.3) is 0 Å². The molecule has 3 N–H and O–H groups in total. The molecule has 5 nitrogen and oxygen atoms in total. The number of hydrogen-bond donors (Lipinski definition) is 2. The van der Waals surface area contributed by atoms with Crippen LogP contribution < -0.4 is 5.73 Å². The molecule has 1 unspecified atom stereocenters. The first-order valence-corrected chi connectivity index (χ1v) is 3.63. The minimum absolute atomic E-state index is 0.370. The van der Waals surface area contributed by atoms with Crippen LogP contribution in [-0.4, -0.2) is 41.0 Å². The van der Waals surface area contributed by atoms with E-state index in [0.717, 1.165) is 4.90 Å². The van der Waals surface area contributed by atoms with Crippen LogP contribution in [-0.2, 0) is 9.59 Å². The highest BCUT2D eigenvalue weighted by molar-refractivity contribution is 5.86. The fraction of sp³-hybridized carbons (Fsp3) is 0.714. The predicted molar refractivity (Wildman–Crippen MR) is 43.5 cm³/mol. The van der Waals surface area contributed by atoms with Gasteiger partial charge in [-0.25, -0.2) is 4.79 Å². The largest absolute Gasteiger partial charge is 0.480 e.